The molecule has 2 rings (SSSR count). The van der Waals surface area contributed by atoms with Gasteiger partial charge in [-0.25, -0.2) is 0 Å². The molecular formula is C8H11BrO2. The van der Waals surface area contributed by atoms with E-state index in [2.05, 4.69) is 22.0 Å². The summed E-state index contributed by atoms with van der Waals surface area (Å²) in [5.41, 5.74) is 0. The first-order valence-corrected chi connectivity index (χ1v) is 4.73. The molecule has 0 radical (unpaired) electrons. The van der Waals surface area contributed by atoms with Crippen LogP contribution in [-0.2, 0) is 9.47 Å². The fourth-order valence-electron chi connectivity index (χ4n) is 1.61. The minimum Gasteiger partial charge on any atom is -0.347 e. The number of allylic oxidation sites excluding steroid dienone is 1. The van der Waals surface area contributed by atoms with Gasteiger partial charge in [-0.1, -0.05) is 22.0 Å². The largest absolute Gasteiger partial charge is 0.347 e. The number of hydrogen-bond acceptors (Lipinski definition) is 2. The summed E-state index contributed by atoms with van der Waals surface area (Å²) in [5.74, 6) is -0.270. The zero-order valence-corrected chi connectivity index (χ0v) is 7.89. The van der Waals surface area contributed by atoms with E-state index in [1.807, 2.05) is 0 Å². The molecule has 1 heterocycles. The summed E-state index contributed by atoms with van der Waals surface area (Å²) in [5, 5.41) is 0. The van der Waals surface area contributed by atoms with Gasteiger partial charge in [-0.2, -0.15) is 0 Å². The molecule has 0 bridgehead atoms. The summed E-state index contributed by atoms with van der Waals surface area (Å²) in [6.07, 6.45) is 5.13. The highest BCUT2D eigenvalue weighted by atomic mass is 79.9. The predicted octanol–water partition coefficient (Wildman–Crippen LogP) is 2.19. The third-order valence-electron chi connectivity index (χ3n) is 2.14. The van der Waals surface area contributed by atoms with Gasteiger partial charge in [-0.05, 0) is 10.9 Å². The molecule has 1 spiro atoms. The molecule has 0 aromatic heterocycles. The van der Waals surface area contributed by atoms with Crippen molar-refractivity contribution in [3.8, 4) is 0 Å². The SMILES string of the molecule is BrC1=CCCC2(C1)OCCO2. The Morgan fingerprint density at radius 2 is 2.09 bits per heavy atom. The second-order valence-corrected chi connectivity index (χ2v) is 3.99. The van der Waals surface area contributed by atoms with Crippen LogP contribution in [0.25, 0.3) is 0 Å². The first-order chi connectivity index (χ1) is 5.31. The second-order valence-electron chi connectivity index (χ2n) is 2.97. The Morgan fingerprint density at radius 3 is 2.73 bits per heavy atom. The van der Waals surface area contributed by atoms with E-state index in [9.17, 15) is 0 Å². The van der Waals surface area contributed by atoms with E-state index >= 15 is 0 Å². The normalized spacial score (nSPS) is 29.0. The molecule has 0 atom stereocenters. The second kappa shape index (κ2) is 2.88. The highest BCUT2D eigenvalue weighted by Gasteiger charge is 2.37. The molecule has 11 heavy (non-hydrogen) atoms. The fraction of sp³-hybridized carbons (Fsp3) is 0.750. The van der Waals surface area contributed by atoms with E-state index in [4.69, 9.17) is 9.47 Å². The van der Waals surface area contributed by atoms with E-state index in [0.717, 1.165) is 32.5 Å². The van der Waals surface area contributed by atoms with Gasteiger partial charge in [-0.3, -0.25) is 0 Å². The molecule has 0 amide bonds. The maximum Gasteiger partial charge on any atom is 0.173 e. The summed E-state index contributed by atoms with van der Waals surface area (Å²) >= 11 is 3.47. The number of halogens is 1. The average Bonchev–Trinajstić information content (AvgIpc) is 2.37. The van der Waals surface area contributed by atoms with Crippen LogP contribution in [0.4, 0.5) is 0 Å². The van der Waals surface area contributed by atoms with Crippen LogP contribution in [0.5, 0.6) is 0 Å². The Bertz CT molecular complexity index is 183. The van der Waals surface area contributed by atoms with Crippen LogP contribution in [0, 0.1) is 0 Å². The first kappa shape index (κ1) is 7.77. The number of rotatable bonds is 0. The average molecular weight is 219 g/mol. The van der Waals surface area contributed by atoms with Crippen molar-refractivity contribution < 1.29 is 9.47 Å². The van der Waals surface area contributed by atoms with E-state index in [0.29, 0.717) is 0 Å². The summed E-state index contributed by atoms with van der Waals surface area (Å²) in [6.45, 7) is 1.50. The summed E-state index contributed by atoms with van der Waals surface area (Å²) in [7, 11) is 0. The molecule has 62 valence electrons. The topological polar surface area (TPSA) is 18.5 Å². The lowest BCUT2D eigenvalue weighted by Gasteiger charge is -2.29. The molecule has 1 fully saturated rings. The van der Waals surface area contributed by atoms with Crippen molar-refractivity contribution in [2.24, 2.45) is 0 Å². The number of hydrogen-bond donors (Lipinski definition) is 0. The van der Waals surface area contributed by atoms with Gasteiger partial charge in [0.25, 0.3) is 0 Å². The maximum absolute atomic E-state index is 5.56. The van der Waals surface area contributed by atoms with Crippen LogP contribution in [0.15, 0.2) is 10.6 Å². The predicted molar refractivity (Wildman–Crippen MR) is 45.5 cm³/mol. The smallest absolute Gasteiger partial charge is 0.173 e. The van der Waals surface area contributed by atoms with Crippen molar-refractivity contribution in [1.29, 1.82) is 0 Å². The lowest BCUT2D eigenvalue weighted by atomic mass is 10.0. The molecule has 2 nitrogen and oxygen atoms in total. The Morgan fingerprint density at radius 1 is 1.36 bits per heavy atom. The molecule has 1 saturated heterocycles. The van der Waals surface area contributed by atoms with Gasteiger partial charge in [0.1, 0.15) is 0 Å². The third kappa shape index (κ3) is 1.50. The van der Waals surface area contributed by atoms with E-state index in [1.54, 1.807) is 0 Å². The van der Waals surface area contributed by atoms with Crippen LogP contribution in [0.2, 0.25) is 0 Å². The Balaban J connectivity index is 2.09. The van der Waals surface area contributed by atoms with E-state index in [-0.39, 0.29) is 5.79 Å². The fourth-order valence-corrected chi connectivity index (χ4v) is 2.27. The standard InChI is InChI=1S/C8H11BrO2/c9-7-2-1-3-8(6-7)10-4-5-11-8/h2H,1,3-6H2. The molecule has 0 unspecified atom stereocenters. The van der Waals surface area contributed by atoms with Crippen LogP contribution in [0.3, 0.4) is 0 Å². The highest BCUT2D eigenvalue weighted by Crippen LogP contribution is 2.37. The third-order valence-corrected chi connectivity index (χ3v) is 2.75. The minimum absolute atomic E-state index is 0.270. The zero-order valence-electron chi connectivity index (χ0n) is 6.31. The van der Waals surface area contributed by atoms with Gasteiger partial charge in [0, 0.05) is 12.8 Å². The van der Waals surface area contributed by atoms with Crippen molar-refractivity contribution in [1.82, 2.24) is 0 Å². The van der Waals surface area contributed by atoms with Crippen molar-refractivity contribution in [2.75, 3.05) is 13.2 Å². The Hall–Kier alpha value is 0.140. The quantitative estimate of drug-likeness (QED) is 0.621. The monoisotopic (exact) mass is 218 g/mol. The van der Waals surface area contributed by atoms with Gasteiger partial charge >= 0.3 is 0 Å². The zero-order chi connectivity index (χ0) is 7.73. The molecule has 2 aliphatic rings. The van der Waals surface area contributed by atoms with Crippen molar-refractivity contribution in [3.63, 3.8) is 0 Å². The Kier molecular flexibility index (Phi) is 2.04. The minimum atomic E-state index is -0.270. The Labute approximate surface area is 74.7 Å². The molecule has 1 aliphatic carbocycles. The van der Waals surface area contributed by atoms with E-state index < -0.39 is 0 Å². The molecule has 1 aliphatic heterocycles. The van der Waals surface area contributed by atoms with Crippen molar-refractivity contribution in [3.05, 3.63) is 10.6 Å². The summed E-state index contributed by atoms with van der Waals surface area (Å²) < 4.78 is 12.3. The van der Waals surface area contributed by atoms with Crippen LogP contribution in [0.1, 0.15) is 19.3 Å². The summed E-state index contributed by atoms with van der Waals surface area (Å²) in [6, 6.07) is 0. The van der Waals surface area contributed by atoms with Gasteiger partial charge in [0.05, 0.1) is 13.2 Å². The van der Waals surface area contributed by atoms with Crippen LogP contribution in [-0.4, -0.2) is 19.0 Å². The molecule has 0 aromatic rings. The summed E-state index contributed by atoms with van der Waals surface area (Å²) in [4.78, 5) is 0. The molecule has 3 heteroatoms. The first-order valence-electron chi connectivity index (χ1n) is 3.93. The lowest BCUT2D eigenvalue weighted by Crippen LogP contribution is -2.31. The lowest BCUT2D eigenvalue weighted by molar-refractivity contribution is -0.161. The molecular weight excluding hydrogens is 208 g/mol. The number of ether oxygens (including phenoxy) is 2. The van der Waals surface area contributed by atoms with E-state index in [1.165, 1.54) is 4.48 Å². The maximum atomic E-state index is 5.56. The molecule has 0 aromatic carbocycles. The van der Waals surface area contributed by atoms with Crippen LogP contribution >= 0.6 is 15.9 Å². The van der Waals surface area contributed by atoms with Gasteiger partial charge in [0.15, 0.2) is 5.79 Å². The van der Waals surface area contributed by atoms with Gasteiger partial charge < -0.3 is 9.47 Å². The highest BCUT2D eigenvalue weighted by molar-refractivity contribution is 9.11. The van der Waals surface area contributed by atoms with Gasteiger partial charge in [-0.15, -0.1) is 0 Å². The molecule has 0 N–H and O–H groups in total. The van der Waals surface area contributed by atoms with Crippen LogP contribution < -0.4 is 0 Å². The van der Waals surface area contributed by atoms with Crippen molar-refractivity contribution in [2.45, 2.75) is 25.0 Å². The molecule has 0 saturated carbocycles. The van der Waals surface area contributed by atoms with Gasteiger partial charge in [0.2, 0.25) is 0 Å². The van der Waals surface area contributed by atoms with Crippen molar-refractivity contribution >= 4 is 15.9 Å².